The van der Waals surface area contributed by atoms with E-state index < -0.39 is 6.09 Å². The average Bonchev–Trinajstić information content (AvgIpc) is 2.52. The van der Waals surface area contributed by atoms with Crippen LogP contribution in [0.25, 0.3) is 0 Å². The molecule has 0 aromatic heterocycles. The van der Waals surface area contributed by atoms with Crippen LogP contribution in [0, 0.1) is 11.8 Å². The van der Waals surface area contributed by atoms with Gasteiger partial charge in [-0.1, -0.05) is 30.3 Å². The van der Waals surface area contributed by atoms with Gasteiger partial charge < -0.3 is 10.4 Å². The zero-order valence-corrected chi connectivity index (χ0v) is 12.3. The Bertz CT molecular complexity index is 464. The number of ketones is 1. The van der Waals surface area contributed by atoms with E-state index in [9.17, 15) is 9.59 Å². The standard InChI is InChI=1S/C17H23NO3/c19-16(11-8-13-4-2-1-3-5-13)15-9-6-14(7-10-15)12-18-17(20)21/h1-5,14-15,18H,6-12H2,(H,20,21)/t14-,15+. The van der Waals surface area contributed by atoms with Gasteiger partial charge in [0.05, 0.1) is 0 Å². The first-order valence-corrected chi connectivity index (χ1v) is 7.68. The first-order valence-electron chi connectivity index (χ1n) is 7.68. The van der Waals surface area contributed by atoms with Crippen LogP contribution in [0.4, 0.5) is 4.79 Å². The molecule has 0 radical (unpaired) electrons. The van der Waals surface area contributed by atoms with Crippen LogP contribution in [-0.4, -0.2) is 23.5 Å². The van der Waals surface area contributed by atoms with Gasteiger partial charge in [0.25, 0.3) is 0 Å². The van der Waals surface area contributed by atoms with Crippen molar-refractivity contribution in [1.82, 2.24) is 5.32 Å². The van der Waals surface area contributed by atoms with E-state index in [0.29, 0.717) is 24.7 Å². The molecule has 0 spiro atoms. The van der Waals surface area contributed by atoms with Crippen LogP contribution in [-0.2, 0) is 11.2 Å². The molecule has 0 unspecified atom stereocenters. The topological polar surface area (TPSA) is 66.4 Å². The number of nitrogens with one attached hydrogen (secondary N) is 1. The lowest BCUT2D eigenvalue weighted by atomic mass is 9.79. The molecule has 114 valence electrons. The number of Topliss-reactive ketones (excluding diaryl/α,β-unsaturated/α-hetero) is 1. The summed E-state index contributed by atoms with van der Waals surface area (Å²) in [6.07, 6.45) is 4.17. The Morgan fingerprint density at radius 2 is 1.76 bits per heavy atom. The fourth-order valence-corrected chi connectivity index (χ4v) is 3.04. The van der Waals surface area contributed by atoms with Gasteiger partial charge in [-0.3, -0.25) is 4.79 Å². The molecule has 0 bridgehead atoms. The molecule has 1 amide bonds. The van der Waals surface area contributed by atoms with Gasteiger partial charge in [-0.2, -0.15) is 0 Å². The summed E-state index contributed by atoms with van der Waals surface area (Å²) in [5, 5.41) is 11.0. The molecule has 0 aliphatic heterocycles. The molecule has 0 atom stereocenters. The van der Waals surface area contributed by atoms with E-state index in [-0.39, 0.29) is 5.92 Å². The van der Waals surface area contributed by atoms with Gasteiger partial charge in [0.15, 0.2) is 0 Å². The van der Waals surface area contributed by atoms with Crippen LogP contribution in [0.3, 0.4) is 0 Å². The second-order valence-electron chi connectivity index (χ2n) is 5.86. The van der Waals surface area contributed by atoms with Crippen molar-refractivity contribution in [3.63, 3.8) is 0 Å². The van der Waals surface area contributed by atoms with Crippen molar-refractivity contribution in [1.29, 1.82) is 0 Å². The normalized spacial score (nSPS) is 21.7. The van der Waals surface area contributed by atoms with Crippen LogP contribution in [0.1, 0.15) is 37.7 Å². The summed E-state index contributed by atoms with van der Waals surface area (Å²) in [6, 6.07) is 10.1. The number of hydrogen-bond acceptors (Lipinski definition) is 2. The average molecular weight is 289 g/mol. The summed E-state index contributed by atoms with van der Waals surface area (Å²) >= 11 is 0. The largest absolute Gasteiger partial charge is 0.465 e. The van der Waals surface area contributed by atoms with Crippen molar-refractivity contribution < 1.29 is 14.7 Å². The summed E-state index contributed by atoms with van der Waals surface area (Å²) in [7, 11) is 0. The van der Waals surface area contributed by atoms with Crippen LogP contribution >= 0.6 is 0 Å². The predicted octanol–water partition coefficient (Wildman–Crippen LogP) is 3.26. The number of carbonyl (C=O) groups is 2. The van der Waals surface area contributed by atoms with Crippen LogP contribution in [0.15, 0.2) is 30.3 Å². The first-order chi connectivity index (χ1) is 10.1. The van der Waals surface area contributed by atoms with Crippen molar-refractivity contribution in [3.05, 3.63) is 35.9 Å². The van der Waals surface area contributed by atoms with E-state index in [4.69, 9.17) is 5.11 Å². The predicted molar refractivity (Wildman–Crippen MR) is 81.2 cm³/mol. The Morgan fingerprint density at radius 3 is 2.38 bits per heavy atom. The molecule has 1 saturated carbocycles. The maximum atomic E-state index is 12.2. The van der Waals surface area contributed by atoms with E-state index in [1.807, 2.05) is 18.2 Å². The highest BCUT2D eigenvalue weighted by molar-refractivity contribution is 5.81. The van der Waals surface area contributed by atoms with E-state index in [0.717, 1.165) is 32.1 Å². The molecule has 1 aromatic rings. The Kier molecular flexibility index (Phi) is 5.78. The van der Waals surface area contributed by atoms with Gasteiger partial charge in [0.2, 0.25) is 0 Å². The zero-order valence-electron chi connectivity index (χ0n) is 12.3. The van der Waals surface area contributed by atoms with E-state index >= 15 is 0 Å². The number of aryl methyl sites for hydroxylation is 1. The minimum atomic E-state index is -0.962. The molecule has 0 heterocycles. The zero-order chi connectivity index (χ0) is 15.1. The third-order valence-corrected chi connectivity index (χ3v) is 4.35. The second-order valence-corrected chi connectivity index (χ2v) is 5.86. The number of carbonyl (C=O) groups excluding carboxylic acids is 1. The van der Waals surface area contributed by atoms with Gasteiger partial charge in [-0.15, -0.1) is 0 Å². The first kappa shape index (κ1) is 15.5. The lowest BCUT2D eigenvalue weighted by molar-refractivity contribution is -0.124. The van der Waals surface area contributed by atoms with Gasteiger partial charge in [-0.05, 0) is 43.6 Å². The highest BCUT2D eigenvalue weighted by atomic mass is 16.4. The summed E-state index contributed by atoms with van der Waals surface area (Å²) in [6.45, 7) is 0.514. The summed E-state index contributed by atoms with van der Waals surface area (Å²) < 4.78 is 0. The highest BCUT2D eigenvalue weighted by Crippen LogP contribution is 2.30. The fraction of sp³-hybridized carbons (Fsp3) is 0.529. The number of hydrogen-bond donors (Lipinski definition) is 2. The molecule has 1 fully saturated rings. The molecule has 4 heteroatoms. The quantitative estimate of drug-likeness (QED) is 0.844. The molecule has 4 nitrogen and oxygen atoms in total. The summed E-state index contributed by atoms with van der Waals surface area (Å²) in [4.78, 5) is 22.7. The Labute approximate surface area is 125 Å². The maximum absolute atomic E-state index is 12.2. The molecule has 2 rings (SSSR count). The van der Waals surface area contributed by atoms with Crippen LogP contribution < -0.4 is 5.32 Å². The minimum absolute atomic E-state index is 0.176. The van der Waals surface area contributed by atoms with Crippen molar-refractivity contribution in [2.45, 2.75) is 38.5 Å². The molecule has 1 aliphatic carbocycles. The molecule has 1 aliphatic rings. The van der Waals surface area contributed by atoms with Crippen molar-refractivity contribution >= 4 is 11.9 Å². The van der Waals surface area contributed by atoms with Crippen molar-refractivity contribution in [2.75, 3.05) is 6.54 Å². The SMILES string of the molecule is O=C(O)NC[C@H]1CC[C@@H](C(=O)CCc2ccccc2)CC1. The highest BCUT2D eigenvalue weighted by Gasteiger charge is 2.25. The summed E-state index contributed by atoms with van der Waals surface area (Å²) in [5.41, 5.74) is 1.21. The molecule has 2 N–H and O–H groups in total. The Balaban J connectivity index is 1.69. The van der Waals surface area contributed by atoms with E-state index in [1.54, 1.807) is 0 Å². The number of benzene rings is 1. The number of amides is 1. The number of rotatable bonds is 6. The van der Waals surface area contributed by atoms with Crippen molar-refractivity contribution in [2.24, 2.45) is 11.8 Å². The van der Waals surface area contributed by atoms with Crippen LogP contribution in [0.5, 0.6) is 0 Å². The lowest BCUT2D eigenvalue weighted by Crippen LogP contribution is -2.31. The number of carboxylic acid groups (broad SMARTS) is 1. The van der Waals surface area contributed by atoms with E-state index in [2.05, 4.69) is 17.4 Å². The Hall–Kier alpha value is -1.84. The lowest BCUT2D eigenvalue weighted by Gasteiger charge is -2.27. The van der Waals surface area contributed by atoms with Gasteiger partial charge in [0, 0.05) is 18.9 Å². The molecule has 21 heavy (non-hydrogen) atoms. The smallest absolute Gasteiger partial charge is 0.404 e. The summed E-state index contributed by atoms with van der Waals surface area (Å²) in [5.74, 6) is 0.928. The molecule has 0 saturated heterocycles. The van der Waals surface area contributed by atoms with Gasteiger partial charge in [-0.25, -0.2) is 4.79 Å². The third kappa shape index (κ3) is 5.21. The van der Waals surface area contributed by atoms with E-state index in [1.165, 1.54) is 5.56 Å². The Morgan fingerprint density at radius 1 is 1.10 bits per heavy atom. The maximum Gasteiger partial charge on any atom is 0.404 e. The monoisotopic (exact) mass is 289 g/mol. The van der Waals surface area contributed by atoms with Gasteiger partial charge >= 0.3 is 6.09 Å². The van der Waals surface area contributed by atoms with Crippen molar-refractivity contribution in [3.8, 4) is 0 Å². The molecular formula is C17H23NO3. The molecular weight excluding hydrogens is 266 g/mol. The van der Waals surface area contributed by atoms with Gasteiger partial charge in [0.1, 0.15) is 5.78 Å². The minimum Gasteiger partial charge on any atom is -0.465 e. The second kappa shape index (κ2) is 7.81. The fourth-order valence-electron chi connectivity index (χ4n) is 3.04. The van der Waals surface area contributed by atoms with Crippen LogP contribution in [0.2, 0.25) is 0 Å². The molecule has 1 aromatic carbocycles. The third-order valence-electron chi connectivity index (χ3n) is 4.35.